The summed E-state index contributed by atoms with van der Waals surface area (Å²) in [6.45, 7) is 2.65. The third-order valence-electron chi connectivity index (χ3n) is 2.85. The van der Waals surface area contributed by atoms with Crippen molar-refractivity contribution in [2.45, 2.75) is 19.8 Å². The predicted octanol–water partition coefficient (Wildman–Crippen LogP) is 2.06. The van der Waals surface area contributed by atoms with Gasteiger partial charge < -0.3 is 10.3 Å². The van der Waals surface area contributed by atoms with Gasteiger partial charge in [0.25, 0.3) is 5.91 Å². The van der Waals surface area contributed by atoms with Crippen molar-refractivity contribution in [3.8, 4) is 0 Å². The molecule has 0 atom stereocenters. The molecule has 18 heavy (non-hydrogen) atoms. The molecule has 0 radical (unpaired) electrons. The first-order chi connectivity index (χ1) is 8.74. The quantitative estimate of drug-likeness (QED) is 0.809. The van der Waals surface area contributed by atoms with E-state index in [-0.39, 0.29) is 16.9 Å². The maximum atomic E-state index is 12.1. The van der Waals surface area contributed by atoms with E-state index in [0.29, 0.717) is 11.9 Å². The number of nitrogens with one attached hydrogen (secondary N) is 2. The van der Waals surface area contributed by atoms with Crippen molar-refractivity contribution in [2.75, 3.05) is 6.54 Å². The summed E-state index contributed by atoms with van der Waals surface area (Å²) < 4.78 is 0. The van der Waals surface area contributed by atoms with Crippen LogP contribution in [0.2, 0.25) is 0 Å². The first kappa shape index (κ1) is 12.4. The van der Waals surface area contributed by atoms with Gasteiger partial charge in [-0.25, -0.2) is 0 Å². The molecule has 0 saturated carbocycles. The van der Waals surface area contributed by atoms with Crippen molar-refractivity contribution in [2.24, 2.45) is 0 Å². The Hall–Kier alpha value is -2.10. The lowest BCUT2D eigenvalue weighted by Gasteiger charge is -2.04. The molecule has 0 aliphatic heterocycles. The molecule has 1 amide bonds. The van der Waals surface area contributed by atoms with Crippen LogP contribution in [0.5, 0.6) is 0 Å². The van der Waals surface area contributed by atoms with Gasteiger partial charge >= 0.3 is 0 Å². The van der Waals surface area contributed by atoms with Gasteiger partial charge in [-0.1, -0.05) is 25.5 Å². The van der Waals surface area contributed by atoms with Crippen molar-refractivity contribution >= 4 is 16.8 Å². The van der Waals surface area contributed by atoms with Crippen molar-refractivity contribution in [1.82, 2.24) is 10.3 Å². The van der Waals surface area contributed by atoms with Crippen molar-refractivity contribution in [1.29, 1.82) is 0 Å². The summed E-state index contributed by atoms with van der Waals surface area (Å²) in [5.41, 5.74) is 0.691. The lowest BCUT2D eigenvalue weighted by molar-refractivity contribution is 0.0952. The number of benzene rings is 1. The molecule has 0 bridgehead atoms. The van der Waals surface area contributed by atoms with Gasteiger partial charge in [0.15, 0.2) is 0 Å². The number of aromatic nitrogens is 1. The van der Waals surface area contributed by atoms with Crippen LogP contribution >= 0.6 is 0 Å². The smallest absolute Gasteiger partial charge is 0.256 e. The van der Waals surface area contributed by atoms with Crippen LogP contribution < -0.4 is 10.7 Å². The molecule has 0 aliphatic carbocycles. The number of carbonyl (C=O) groups is 1. The minimum Gasteiger partial charge on any atom is -0.360 e. The van der Waals surface area contributed by atoms with Crippen molar-refractivity contribution in [3.05, 3.63) is 46.2 Å². The maximum absolute atomic E-state index is 12.1. The van der Waals surface area contributed by atoms with E-state index in [1.807, 2.05) is 12.1 Å². The number of fused-ring (bicyclic) bond motifs is 1. The van der Waals surface area contributed by atoms with Crippen LogP contribution in [-0.2, 0) is 0 Å². The van der Waals surface area contributed by atoms with Gasteiger partial charge in [-0.3, -0.25) is 9.59 Å². The summed E-state index contributed by atoms with van der Waals surface area (Å²) >= 11 is 0. The average molecular weight is 244 g/mol. The van der Waals surface area contributed by atoms with Crippen LogP contribution in [-0.4, -0.2) is 17.4 Å². The van der Waals surface area contributed by atoms with Crippen LogP contribution in [0.3, 0.4) is 0 Å². The fraction of sp³-hybridized carbons (Fsp3) is 0.286. The highest BCUT2D eigenvalue weighted by Gasteiger charge is 2.11. The molecule has 0 fully saturated rings. The second kappa shape index (κ2) is 5.49. The molecule has 2 rings (SSSR count). The lowest BCUT2D eigenvalue weighted by Crippen LogP contribution is -2.29. The number of para-hydroxylation sites is 1. The van der Waals surface area contributed by atoms with Crippen LogP contribution in [0, 0.1) is 0 Å². The minimum atomic E-state index is -0.310. The number of carbonyl (C=O) groups excluding carboxylic acids is 1. The Balaban J connectivity index is 2.31. The predicted molar refractivity (Wildman–Crippen MR) is 71.8 cm³/mol. The second-order valence-corrected chi connectivity index (χ2v) is 4.19. The highest BCUT2D eigenvalue weighted by molar-refractivity contribution is 5.97. The fourth-order valence-electron chi connectivity index (χ4n) is 1.81. The Bertz CT molecular complexity index is 616. The van der Waals surface area contributed by atoms with E-state index in [9.17, 15) is 9.59 Å². The number of amides is 1. The Kier molecular flexibility index (Phi) is 3.77. The van der Waals surface area contributed by atoms with Gasteiger partial charge in [0.05, 0.1) is 0 Å². The molecule has 94 valence electrons. The number of hydrogen-bond acceptors (Lipinski definition) is 2. The Morgan fingerprint density at radius 3 is 2.89 bits per heavy atom. The third-order valence-corrected chi connectivity index (χ3v) is 2.85. The van der Waals surface area contributed by atoms with E-state index in [0.717, 1.165) is 18.4 Å². The van der Waals surface area contributed by atoms with Gasteiger partial charge in [0.1, 0.15) is 5.56 Å². The van der Waals surface area contributed by atoms with Crippen LogP contribution in [0.1, 0.15) is 30.1 Å². The zero-order valence-corrected chi connectivity index (χ0v) is 10.3. The van der Waals surface area contributed by atoms with Gasteiger partial charge in [-0.05, 0) is 18.6 Å². The number of unbranched alkanes of at least 4 members (excludes halogenated alkanes) is 1. The zero-order chi connectivity index (χ0) is 13.0. The molecule has 1 heterocycles. The maximum Gasteiger partial charge on any atom is 0.256 e. The normalized spacial score (nSPS) is 10.5. The van der Waals surface area contributed by atoms with E-state index in [1.54, 1.807) is 12.1 Å². The minimum absolute atomic E-state index is 0.171. The molecule has 1 aromatic carbocycles. The highest BCUT2D eigenvalue weighted by atomic mass is 16.2. The largest absolute Gasteiger partial charge is 0.360 e. The molecule has 0 saturated heterocycles. The van der Waals surface area contributed by atoms with E-state index >= 15 is 0 Å². The highest BCUT2D eigenvalue weighted by Crippen LogP contribution is 2.06. The average Bonchev–Trinajstić information content (AvgIpc) is 2.39. The summed E-state index contributed by atoms with van der Waals surface area (Å²) in [7, 11) is 0. The lowest BCUT2D eigenvalue weighted by atomic mass is 10.1. The molecule has 0 unspecified atom stereocenters. The second-order valence-electron chi connectivity index (χ2n) is 4.19. The molecular weight excluding hydrogens is 228 g/mol. The summed E-state index contributed by atoms with van der Waals surface area (Å²) in [6.07, 6.45) is 3.40. The Morgan fingerprint density at radius 1 is 1.33 bits per heavy atom. The van der Waals surface area contributed by atoms with E-state index in [2.05, 4.69) is 17.2 Å². The third kappa shape index (κ3) is 2.42. The van der Waals surface area contributed by atoms with Crippen molar-refractivity contribution < 1.29 is 4.79 Å². The topological polar surface area (TPSA) is 62.0 Å². The van der Waals surface area contributed by atoms with Crippen LogP contribution in [0.15, 0.2) is 35.3 Å². The summed E-state index contributed by atoms with van der Waals surface area (Å²) in [5, 5.41) is 3.29. The molecule has 0 spiro atoms. The van der Waals surface area contributed by atoms with E-state index < -0.39 is 0 Å². The molecule has 2 N–H and O–H groups in total. The summed E-state index contributed by atoms with van der Waals surface area (Å²) in [4.78, 5) is 26.9. The first-order valence-corrected chi connectivity index (χ1v) is 6.12. The van der Waals surface area contributed by atoms with E-state index in [1.165, 1.54) is 6.20 Å². The van der Waals surface area contributed by atoms with Gasteiger partial charge in [-0.2, -0.15) is 0 Å². The Labute approximate surface area is 105 Å². The number of aromatic amines is 1. The standard InChI is InChI=1S/C14H16N2O2/c1-2-3-8-15-14(18)11-9-16-12-7-5-4-6-10(12)13(11)17/h4-7,9H,2-3,8H2,1H3,(H,15,18)(H,16,17). The molecule has 0 aliphatic rings. The van der Waals surface area contributed by atoms with Crippen LogP contribution in [0.4, 0.5) is 0 Å². The molecule has 4 nitrogen and oxygen atoms in total. The fourth-order valence-corrected chi connectivity index (χ4v) is 1.81. The van der Waals surface area contributed by atoms with Gasteiger partial charge in [0.2, 0.25) is 5.43 Å². The van der Waals surface area contributed by atoms with E-state index in [4.69, 9.17) is 0 Å². The van der Waals surface area contributed by atoms with Gasteiger partial charge in [0, 0.05) is 23.6 Å². The number of hydrogen-bond donors (Lipinski definition) is 2. The Morgan fingerprint density at radius 2 is 2.11 bits per heavy atom. The molecule has 4 heteroatoms. The molecule has 1 aromatic heterocycles. The zero-order valence-electron chi connectivity index (χ0n) is 10.3. The molecular formula is C14H16N2O2. The van der Waals surface area contributed by atoms with Crippen molar-refractivity contribution in [3.63, 3.8) is 0 Å². The SMILES string of the molecule is CCCCNC(=O)c1c[nH]c2ccccc2c1=O. The number of pyridine rings is 1. The summed E-state index contributed by atoms with van der Waals surface area (Å²) in [5.74, 6) is -0.310. The first-order valence-electron chi connectivity index (χ1n) is 6.12. The van der Waals surface area contributed by atoms with Crippen LogP contribution in [0.25, 0.3) is 10.9 Å². The number of H-pyrrole nitrogens is 1. The summed E-state index contributed by atoms with van der Waals surface area (Å²) in [6, 6.07) is 7.17. The molecule has 2 aromatic rings. The van der Waals surface area contributed by atoms with Gasteiger partial charge in [-0.15, -0.1) is 0 Å². The monoisotopic (exact) mass is 244 g/mol. The number of rotatable bonds is 4.